The highest BCUT2D eigenvalue weighted by molar-refractivity contribution is 5.97. The number of halogens is 3. The molecule has 2 heterocycles. The fraction of sp³-hybridized carbons (Fsp3) is 0.500. The first kappa shape index (κ1) is 14.6. The van der Waals surface area contributed by atoms with E-state index in [4.69, 9.17) is 4.42 Å². The van der Waals surface area contributed by atoms with Gasteiger partial charge in [-0.2, -0.15) is 23.3 Å². The molecule has 0 unspecified atom stereocenters. The minimum Gasteiger partial charge on any atom is -0.459 e. The van der Waals surface area contributed by atoms with Crippen molar-refractivity contribution in [3.05, 3.63) is 24.2 Å². The zero-order chi connectivity index (χ0) is 15.1. The third-order valence-corrected chi connectivity index (χ3v) is 3.05. The van der Waals surface area contributed by atoms with Gasteiger partial charge < -0.3 is 9.52 Å². The van der Waals surface area contributed by atoms with Gasteiger partial charge in [-0.1, -0.05) is 13.8 Å². The predicted octanol–water partition coefficient (Wildman–Crippen LogP) is 2.39. The minimum atomic E-state index is -5.02. The van der Waals surface area contributed by atoms with Crippen molar-refractivity contribution < 1.29 is 27.5 Å². The van der Waals surface area contributed by atoms with E-state index in [-0.39, 0.29) is 22.4 Å². The summed E-state index contributed by atoms with van der Waals surface area (Å²) in [4.78, 5) is 12.0. The van der Waals surface area contributed by atoms with Crippen LogP contribution in [0.2, 0.25) is 0 Å². The molecule has 0 saturated heterocycles. The molecule has 0 aromatic carbocycles. The Morgan fingerprint density at radius 1 is 1.55 bits per heavy atom. The molecule has 0 spiro atoms. The molecular formula is C12H13F3N2O3. The molecule has 1 aliphatic rings. The standard InChI is InChI=1S/C12H13F3N2O3/c1-7(2)8-6-11(19,12(13,14)15)17(16-8)10(18)9-4-3-5-20-9/h3-5,7,19H,6H2,1-2H3/t11-/m0/s1. The lowest BCUT2D eigenvalue weighted by atomic mass is 9.99. The van der Waals surface area contributed by atoms with E-state index < -0.39 is 24.2 Å². The minimum absolute atomic E-state index is 0.0567. The second-order valence-electron chi connectivity index (χ2n) is 4.83. The van der Waals surface area contributed by atoms with Gasteiger partial charge in [0.15, 0.2) is 5.76 Å². The van der Waals surface area contributed by atoms with Gasteiger partial charge in [-0.05, 0) is 18.1 Å². The van der Waals surface area contributed by atoms with E-state index in [1.807, 2.05) is 0 Å². The first-order chi connectivity index (χ1) is 9.17. The fourth-order valence-corrected chi connectivity index (χ4v) is 1.83. The van der Waals surface area contributed by atoms with Gasteiger partial charge in [-0.25, -0.2) is 0 Å². The van der Waals surface area contributed by atoms with Crippen LogP contribution in [0.25, 0.3) is 0 Å². The van der Waals surface area contributed by atoms with Gasteiger partial charge in [0, 0.05) is 12.1 Å². The lowest BCUT2D eigenvalue weighted by Gasteiger charge is -2.32. The summed E-state index contributed by atoms with van der Waals surface area (Å²) in [5, 5.41) is 13.6. The third kappa shape index (κ3) is 2.20. The van der Waals surface area contributed by atoms with E-state index in [0.717, 1.165) is 6.26 Å². The van der Waals surface area contributed by atoms with Crippen LogP contribution in [0, 0.1) is 5.92 Å². The van der Waals surface area contributed by atoms with Crippen molar-refractivity contribution in [1.82, 2.24) is 5.01 Å². The molecule has 1 atom stereocenters. The van der Waals surface area contributed by atoms with Gasteiger partial charge >= 0.3 is 12.1 Å². The number of alkyl halides is 3. The second kappa shape index (κ2) is 4.62. The van der Waals surface area contributed by atoms with Gasteiger partial charge in [-0.15, -0.1) is 0 Å². The van der Waals surface area contributed by atoms with E-state index in [2.05, 4.69) is 5.10 Å². The number of hydrogen-bond acceptors (Lipinski definition) is 4. The Bertz CT molecular complexity index is 537. The molecule has 0 aliphatic carbocycles. The highest BCUT2D eigenvalue weighted by Gasteiger charge is 2.63. The van der Waals surface area contributed by atoms with Crippen LogP contribution in [0.4, 0.5) is 13.2 Å². The molecule has 0 fully saturated rings. The lowest BCUT2D eigenvalue weighted by molar-refractivity contribution is -0.297. The summed E-state index contributed by atoms with van der Waals surface area (Å²) in [6.45, 7) is 3.27. The van der Waals surface area contributed by atoms with Gasteiger partial charge in [-0.3, -0.25) is 4.79 Å². The number of carbonyl (C=O) groups is 1. The Morgan fingerprint density at radius 3 is 2.65 bits per heavy atom. The molecule has 20 heavy (non-hydrogen) atoms. The van der Waals surface area contributed by atoms with E-state index in [1.54, 1.807) is 13.8 Å². The van der Waals surface area contributed by atoms with E-state index in [9.17, 15) is 23.1 Å². The van der Waals surface area contributed by atoms with Crippen LogP contribution in [0.15, 0.2) is 27.9 Å². The highest BCUT2D eigenvalue weighted by Crippen LogP contribution is 2.41. The Morgan fingerprint density at radius 2 is 2.20 bits per heavy atom. The number of hydrazone groups is 1. The summed E-state index contributed by atoms with van der Waals surface area (Å²) in [6.07, 6.45) is -4.63. The number of nitrogens with zero attached hydrogens (tertiary/aromatic N) is 2. The zero-order valence-corrected chi connectivity index (χ0v) is 10.8. The summed E-state index contributed by atoms with van der Waals surface area (Å²) in [5.74, 6) is -1.77. The normalized spacial score (nSPS) is 23.4. The molecule has 8 heteroatoms. The highest BCUT2D eigenvalue weighted by atomic mass is 19.4. The van der Waals surface area contributed by atoms with Crippen LogP contribution >= 0.6 is 0 Å². The van der Waals surface area contributed by atoms with Gasteiger partial charge in [0.25, 0.3) is 5.72 Å². The van der Waals surface area contributed by atoms with E-state index in [1.165, 1.54) is 12.1 Å². The molecule has 1 amide bonds. The maximum Gasteiger partial charge on any atom is 0.438 e. The molecule has 1 aliphatic heterocycles. The summed E-state index contributed by atoms with van der Waals surface area (Å²) >= 11 is 0. The number of aliphatic hydroxyl groups is 1. The predicted molar refractivity (Wildman–Crippen MR) is 62.8 cm³/mol. The van der Waals surface area contributed by atoms with Crippen LogP contribution in [-0.2, 0) is 0 Å². The van der Waals surface area contributed by atoms with Crippen LogP contribution in [0.1, 0.15) is 30.8 Å². The Kier molecular flexibility index (Phi) is 3.37. The molecule has 110 valence electrons. The summed E-state index contributed by atoms with van der Waals surface area (Å²) < 4.78 is 44.0. The number of hydrogen-bond donors (Lipinski definition) is 1. The largest absolute Gasteiger partial charge is 0.459 e. The van der Waals surface area contributed by atoms with Crippen LogP contribution in [0.5, 0.6) is 0 Å². The van der Waals surface area contributed by atoms with Crippen molar-refractivity contribution in [1.29, 1.82) is 0 Å². The first-order valence-electron chi connectivity index (χ1n) is 5.91. The average molecular weight is 290 g/mol. The maximum atomic E-state index is 13.1. The fourth-order valence-electron chi connectivity index (χ4n) is 1.83. The van der Waals surface area contributed by atoms with Crippen LogP contribution in [-0.4, -0.2) is 33.6 Å². The second-order valence-corrected chi connectivity index (χ2v) is 4.83. The number of rotatable bonds is 2. The summed E-state index contributed by atoms with van der Waals surface area (Å²) in [6, 6.07) is 2.57. The summed E-state index contributed by atoms with van der Waals surface area (Å²) in [7, 11) is 0. The van der Waals surface area contributed by atoms with Gasteiger partial charge in [0.1, 0.15) is 0 Å². The summed E-state index contributed by atoms with van der Waals surface area (Å²) in [5.41, 5.74) is -3.24. The van der Waals surface area contributed by atoms with Gasteiger partial charge in [0.2, 0.25) is 0 Å². The van der Waals surface area contributed by atoms with Crippen molar-refractivity contribution in [2.75, 3.05) is 0 Å². The van der Waals surface area contributed by atoms with Crippen molar-refractivity contribution in [2.24, 2.45) is 11.0 Å². The maximum absolute atomic E-state index is 13.1. The quantitative estimate of drug-likeness (QED) is 0.909. The molecule has 1 N–H and O–H groups in total. The molecule has 2 rings (SSSR count). The van der Waals surface area contributed by atoms with Crippen molar-refractivity contribution in [3.63, 3.8) is 0 Å². The molecule has 5 nitrogen and oxygen atoms in total. The Balaban J connectivity index is 2.42. The Labute approximate surface area is 112 Å². The zero-order valence-electron chi connectivity index (χ0n) is 10.8. The number of amides is 1. The number of furan rings is 1. The Hall–Kier alpha value is -1.83. The van der Waals surface area contributed by atoms with E-state index >= 15 is 0 Å². The SMILES string of the molecule is CC(C)C1=NN(C(=O)c2ccco2)[C@@](O)(C(F)(F)F)C1. The molecule has 1 aromatic rings. The molecular weight excluding hydrogens is 277 g/mol. The number of carbonyl (C=O) groups excluding carboxylic acids is 1. The van der Waals surface area contributed by atoms with Crippen molar-refractivity contribution in [3.8, 4) is 0 Å². The van der Waals surface area contributed by atoms with Crippen molar-refractivity contribution in [2.45, 2.75) is 32.2 Å². The molecule has 1 aromatic heterocycles. The average Bonchev–Trinajstić information content (AvgIpc) is 2.94. The topological polar surface area (TPSA) is 66.0 Å². The molecule has 0 bridgehead atoms. The smallest absolute Gasteiger partial charge is 0.438 e. The molecule has 0 radical (unpaired) electrons. The monoisotopic (exact) mass is 290 g/mol. The lowest BCUT2D eigenvalue weighted by Crippen LogP contribution is -2.56. The van der Waals surface area contributed by atoms with E-state index in [0.29, 0.717) is 0 Å². The van der Waals surface area contributed by atoms with Crippen LogP contribution < -0.4 is 0 Å². The molecule has 0 saturated carbocycles. The van der Waals surface area contributed by atoms with Gasteiger partial charge in [0.05, 0.1) is 6.26 Å². The third-order valence-electron chi connectivity index (χ3n) is 3.05. The van der Waals surface area contributed by atoms with Crippen molar-refractivity contribution >= 4 is 11.6 Å². The van der Waals surface area contributed by atoms with Crippen LogP contribution in [0.3, 0.4) is 0 Å². The first-order valence-corrected chi connectivity index (χ1v) is 5.91.